The van der Waals surface area contributed by atoms with Gasteiger partial charge < -0.3 is 9.47 Å². The fourth-order valence-corrected chi connectivity index (χ4v) is 6.30. The van der Waals surface area contributed by atoms with Crippen LogP contribution in [0.25, 0.3) is 0 Å². The molecule has 34 heavy (non-hydrogen) atoms. The summed E-state index contributed by atoms with van der Waals surface area (Å²) in [5.74, 6) is 2.09. The van der Waals surface area contributed by atoms with Crippen molar-refractivity contribution in [3.8, 4) is 11.5 Å². The van der Waals surface area contributed by atoms with Crippen LogP contribution in [0, 0.1) is 12.3 Å². The van der Waals surface area contributed by atoms with E-state index in [1.807, 2.05) is 11.8 Å². The van der Waals surface area contributed by atoms with Gasteiger partial charge in [0.25, 0.3) is 0 Å². The fraction of sp³-hybridized carbons (Fsp3) is 0.560. The van der Waals surface area contributed by atoms with Crippen molar-refractivity contribution in [1.82, 2.24) is 9.97 Å². The third-order valence-corrected chi connectivity index (χ3v) is 7.77. The van der Waals surface area contributed by atoms with Gasteiger partial charge >= 0.3 is 6.03 Å². The summed E-state index contributed by atoms with van der Waals surface area (Å²) in [6.45, 7) is 6.55. The van der Waals surface area contributed by atoms with Gasteiger partial charge in [-0.2, -0.15) is 0 Å². The molecule has 1 saturated carbocycles. The van der Waals surface area contributed by atoms with Gasteiger partial charge in [-0.15, -0.1) is 0 Å². The minimum absolute atomic E-state index is 0.0616. The van der Waals surface area contributed by atoms with Crippen molar-refractivity contribution in [2.45, 2.75) is 71.9 Å². The average molecular weight is 507 g/mol. The highest BCUT2D eigenvalue weighted by Crippen LogP contribution is 2.53. The lowest BCUT2D eigenvalue weighted by molar-refractivity contribution is 0.0758. The van der Waals surface area contributed by atoms with Crippen molar-refractivity contribution in [1.29, 1.82) is 0 Å². The van der Waals surface area contributed by atoms with Crippen LogP contribution in [0.4, 0.5) is 16.3 Å². The highest BCUT2D eigenvalue weighted by Gasteiger charge is 2.50. The molecule has 1 aromatic heterocycles. The monoisotopic (exact) mass is 506 g/mol. The summed E-state index contributed by atoms with van der Waals surface area (Å²) in [6.07, 6.45) is 8.32. The number of rotatable bonds is 8. The maximum atomic E-state index is 14.1. The van der Waals surface area contributed by atoms with Crippen LogP contribution < -0.4 is 19.3 Å². The Balaban J connectivity index is 1.78. The second kappa shape index (κ2) is 9.78. The van der Waals surface area contributed by atoms with E-state index in [4.69, 9.17) is 32.7 Å². The Morgan fingerprint density at radius 3 is 2.21 bits per heavy atom. The second-order valence-electron chi connectivity index (χ2n) is 9.32. The van der Waals surface area contributed by atoms with E-state index in [-0.39, 0.29) is 34.1 Å². The predicted octanol–water partition coefficient (Wildman–Crippen LogP) is 6.80. The molecule has 2 aromatic rings. The van der Waals surface area contributed by atoms with E-state index in [0.29, 0.717) is 28.8 Å². The summed E-state index contributed by atoms with van der Waals surface area (Å²) < 4.78 is 10.9. The molecule has 9 heteroatoms. The minimum atomic E-state index is -0.198. The zero-order chi connectivity index (χ0) is 24.6. The molecule has 184 valence electrons. The van der Waals surface area contributed by atoms with Gasteiger partial charge in [0.05, 0.1) is 26.5 Å². The van der Waals surface area contributed by atoms with Crippen LogP contribution in [0.1, 0.15) is 63.8 Å². The van der Waals surface area contributed by atoms with Crippen molar-refractivity contribution in [2.24, 2.45) is 5.41 Å². The SMILES string of the molecule is CCCC1(CCC)CC(N2C(=O)N(c3c(Cl)c(OC)cc(OC)c3Cl)Cc3cnc(C)nc32)C1. The van der Waals surface area contributed by atoms with Crippen LogP contribution >= 0.6 is 23.2 Å². The fourth-order valence-electron chi connectivity index (χ4n) is 5.59. The third kappa shape index (κ3) is 4.17. The van der Waals surface area contributed by atoms with Crippen LogP contribution in [-0.2, 0) is 6.54 Å². The lowest BCUT2D eigenvalue weighted by atomic mass is 9.60. The molecule has 0 atom stereocenters. The molecule has 4 rings (SSSR count). The number of hydrogen-bond acceptors (Lipinski definition) is 5. The quantitative estimate of drug-likeness (QED) is 0.393. The van der Waals surface area contributed by atoms with E-state index >= 15 is 0 Å². The highest BCUT2D eigenvalue weighted by molar-refractivity contribution is 6.42. The Bertz CT molecular complexity index is 1050. The molecule has 0 spiro atoms. The van der Waals surface area contributed by atoms with Crippen molar-refractivity contribution < 1.29 is 14.3 Å². The number of urea groups is 1. The van der Waals surface area contributed by atoms with Gasteiger partial charge in [0.15, 0.2) is 0 Å². The number of amides is 2. The van der Waals surface area contributed by atoms with Crippen LogP contribution in [-0.4, -0.2) is 36.3 Å². The van der Waals surface area contributed by atoms with E-state index in [1.54, 1.807) is 17.2 Å². The van der Waals surface area contributed by atoms with Crippen LogP contribution in [0.5, 0.6) is 11.5 Å². The van der Waals surface area contributed by atoms with Crippen LogP contribution in [0.15, 0.2) is 12.3 Å². The van der Waals surface area contributed by atoms with E-state index in [2.05, 4.69) is 23.8 Å². The first-order chi connectivity index (χ1) is 16.3. The van der Waals surface area contributed by atoms with Gasteiger partial charge in [-0.05, 0) is 38.0 Å². The molecule has 0 bridgehead atoms. The number of methoxy groups -OCH3 is 2. The topological polar surface area (TPSA) is 67.8 Å². The predicted molar refractivity (Wildman–Crippen MR) is 136 cm³/mol. The molecular weight excluding hydrogens is 475 g/mol. The molecule has 2 amide bonds. The molecule has 1 aliphatic heterocycles. The van der Waals surface area contributed by atoms with Crippen LogP contribution in [0.2, 0.25) is 10.0 Å². The maximum absolute atomic E-state index is 14.1. The van der Waals surface area contributed by atoms with E-state index < -0.39 is 0 Å². The number of aryl methyl sites for hydroxylation is 1. The molecule has 0 N–H and O–H groups in total. The number of fused-ring (bicyclic) bond motifs is 1. The van der Waals surface area contributed by atoms with E-state index in [1.165, 1.54) is 27.1 Å². The number of aromatic nitrogens is 2. The Labute approximate surface area is 211 Å². The Morgan fingerprint density at radius 2 is 1.68 bits per heavy atom. The van der Waals surface area contributed by atoms with Crippen molar-refractivity contribution in [2.75, 3.05) is 24.0 Å². The van der Waals surface area contributed by atoms with Gasteiger partial charge in [-0.25, -0.2) is 14.8 Å². The number of ether oxygens (including phenoxy) is 2. The standard InChI is InChI=1S/C25H32Cl2N4O3/c1-6-8-25(9-7-2)11-17(12-25)31-23-16(13-28-15(3)29-23)14-30(24(31)32)22-20(26)18(33-4)10-19(34-5)21(22)27/h10,13,17H,6-9,11-12,14H2,1-5H3. The zero-order valence-electron chi connectivity index (χ0n) is 20.5. The molecular formula is C25H32Cl2N4O3. The number of benzene rings is 1. The van der Waals surface area contributed by atoms with Gasteiger partial charge in [-0.3, -0.25) is 9.80 Å². The molecule has 2 heterocycles. The molecule has 2 aliphatic rings. The number of anilines is 2. The van der Waals surface area contributed by atoms with Crippen molar-refractivity contribution in [3.63, 3.8) is 0 Å². The lowest BCUT2D eigenvalue weighted by Crippen LogP contribution is -2.59. The van der Waals surface area contributed by atoms with E-state index in [9.17, 15) is 4.79 Å². The maximum Gasteiger partial charge on any atom is 0.330 e. The Kier molecular flexibility index (Phi) is 7.15. The summed E-state index contributed by atoms with van der Waals surface area (Å²) in [5, 5.41) is 0.524. The molecule has 0 radical (unpaired) electrons. The van der Waals surface area contributed by atoms with Crippen LogP contribution in [0.3, 0.4) is 0 Å². The summed E-state index contributed by atoms with van der Waals surface area (Å²) in [6, 6.07) is 1.49. The van der Waals surface area contributed by atoms with Gasteiger partial charge in [0.2, 0.25) is 0 Å². The largest absolute Gasteiger partial charge is 0.495 e. The second-order valence-corrected chi connectivity index (χ2v) is 10.1. The third-order valence-electron chi connectivity index (χ3n) is 7.04. The first-order valence-corrected chi connectivity index (χ1v) is 12.6. The first-order valence-electron chi connectivity index (χ1n) is 11.8. The van der Waals surface area contributed by atoms with Crippen molar-refractivity contribution in [3.05, 3.63) is 33.7 Å². The summed E-state index contributed by atoms with van der Waals surface area (Å²) in [7, 11) is 3.04. The number of halogens is 2. The highest BCUT2D eigenvalue weighted by atomic mass is 35.5. The summed E-state index contributed by atoms with van der Waals surface area (Å²) >= 11 is 13.4. The molecule has 0 saturated heterocycles. The van der Waals surface area contributed by atoms with Gasteiger partial charge in [-0.1, -0.05) is 49.9 Å². The molecule has 1 fully saturated rings. The molecule has 7 nitrogen and oxygen atoms in total. The smallest absolute Gasteiger partial charge is 0.330 e. The first kappa shape index (κ1) is 24.9. The molecule has 1 aliphatic carbocycles. The number of nitrogens with zero attached hydrogens (tertiary/aromatic N) is 4. The Hall–Kier alpha value is -2.25. The number of carbonyl (C=O) groups excluding carboxylic acids is 1. The lowest BCUT2D eigenvalue weighted by Gasteiger charge is -2.53. The minimum Gasteiger partial charge on any atom is -0.495 e. The van der Waals surface area contributed by atoms with Gasteiger partial charge in [0, 0.05) is 23.9 Å². The normalized spacial score (nSPS) is 17.4. The zero-order valence-corrected chi connectivity index (χ0v) is 22.0. The van der Waals surface area contributed by atoms with E-state index in [0.717, 1.165) is 31.2 Å². The van der Waals surface area contributed by atoms with Crippen molar-refractivity contribution >= 4 is 40.7 Å². The number of carbonyl (C=O) groups is 1. The summed E-state index contributed by atoms with van der Waals surface area (Å²) in [5.41, 5.74) is 1.50. The number of hydrogen-bond donors (Lipinski definition) is 0. The Morgan fingerprint density at radius 1 is 1.09 bits per heavy atom. The molecule has 0 unspecified atom stereocenters. The molecule has 1 aromatic carbocycles. The summed E-state index contributed by atoms with van der Waals surface area (Å²) in [4.78, 5) is 26.6. The average Bonchev–Trinajstić information content (AvgIpc) is 2.78. The van der Waals surface area contributed by atoms with Gasteiger partial charge in [0.1, 0.15) is 33.2 Å².